The third-order valence-corrected chi connectivity index (χ3v) is 5.34. The number of hydrogen-bond donors (Lipinski definition) is 3. The van der Waals surface area contributed by atoms with Crippen LogP contribution in [-0.4, -0.2) is 53.2 Å². The minimum Gasteiger partial charge on any atom is -0.393 e. The second kappa shape index (κ2) is 5.22. The number of nitro benzene ring substituents is 1. The lowest BCUT2D eigenvalue weighted by Crippen LogP contribution is -2.30. The molecule has 2 unspecified atom stereocenters. The lowest BCUT2D eigenvalue weighted by atomic mass is 10.2. The van der Waals surface area contributed by atoms with Crippen LogP contribution in [-0.2, 0) is 10.0 Å². The van der Waals surface area contributed by atoms with Crippen LogP contribution in [0.5, 0.6) is 0 Å². The van der Waals surface area contributed by atoms with Crippen molar-refractivity contribution in [1.29, 1.82) is 0 Å². The van der Waals surface area contributed by atoms with Gasteiger partial charge in [0, 0.05) is 19.2 Å². The van der Waals surface area contributed by atoms with Crippen molar-refractivity contribution in [2.75, 3.05) is 18.8 Å². The first kappa shape index (κ1) is 15.6. The summed E-state index contributed by atoms with van der Waals surface area (Å²) >= 11 is 0. The summed E-state index contributed by atoms with van der Waals surface area (Å²) in [6.07, 6.45) is -2.35. The van der Waals surface area contributed by atoms with Crippen molar-refractivity contribution >= 4 is 21.4 Å². The maximum absolute atomic E-state index is 12.5. The number of sulfonamides is 1. The quantitative estimate of drug-likeness (QED) is 0.376. The van der Waals surface area contributed by atoms with Gasteiger partial charge in [-0.2, -0.15) is 4.31 Å². The molecule has 1 aromatic rings. The number of aliphatic hydroxyl groups is 2. The molecule has 0 amide bonds. The number of nitro groups is 1. The molecule has 2 atom stereocenters. The molecule has 1 saturated heterocycles. The van der Waals surface area contributed by atoms with Gasteiger partial charge in [0.1, 0.15) is 5.69 Å². The number of rotatable bonds is 3. The molecule has 116 valence electrons. The van der Waals surface area contributed by atoms with Crippen LogP contribution in [0.3, 0.4) is 0 Å². The van der Waals surface area contributed by atoms with E-state index >= 15 is 0 Å². The number of β-amino-alcohol motifs (C(OH)–C–C–N with tert-alkyl or cyclic N) is 2. The van der Waals surface area contributed by atoms with Crippen molar-refractivity contribution < 1.29 is 23.6 Å². The van der Waals surface area contributed by atoms with Gasteiger partial charge < -0.3 is 15.9 Å². The molecule has 0 spiro atoms. The van der Waals surface area contributed by atoms with Crippen molar-refractivity contribution in [2.45, 2.75) is 24.0 Å². The molecule has 1 fully saturated rings. The Morgan fingerprint density at radius 3 is 2.33 bits per heavy atom. The second-order valence-corrected chi connectivity index (χ2v) is 6.80. The summed E-state index contributed by atoms with van der Waals surface area (Å²) in [7, 11) is -4.05. The van der Waals surface area contributed by atoms with Crippen LogP contribution in [0, 0.1) is 17.0 Å². The smallest absolute Gasteiger partial charge is 0.293 e. The highest BCUT2D eigenvalue weighted by Gasteiger charge is 2.38. The topological polar surface area (TPSA) is 147 Å². The van der Waals surface area contributed by atoms with Crippen molar-refractivity contribution in [3.63, 3.8) is 0 Å². The molecule has 2 rings (SSSR count). The predicted molar refractivity (Wildman–Crippen MR) is 73.0 cm³/mol. The summed E-state index contributed by atoms with van der Waals surface area (Å²) in [5, 5.41) is 29.8. The van der Waals surface area contributed by atoms with Crippen molar-refractivity contribution in [3.05, 3.63) is 27.8 Å². The van der Waals surface area contributed by atoms with Gasteiger partial charge in [-0.15, -0.1) is 0 Å². The van der Waals surface area contributed by atoms with Gasteiger partial charge in [-0.3, -0.25) is 10.1 Å². The average molecular weight is 317 g/mol. The van der Waals surface area contributed by atoms with Crippen molar-refractivity contribution in [3.8, 4) is 0 Å². The van der Waals surface area contributed by atoms with E-state index in [0.29, 0.717) is 0 Å². The number of nitrogens with two attached hydrogens (primary N) is 1. The van der Waals surface area contributed by atoms with Crippen LogP contribution in [0.1, 0.15) is 5.56 Å². The normalized spacial score (nSPS) is 23.4. The van der Waals surface area contributed by atoms with Gasteiger partial charge in [-0.05, 0) is 18.6 Å². The first-order chi connectivity index (χ1) is 9.64. The first-order valence-electron chi connectivity index (χ1n) is 6.05. The first-order valence-corrected chi connectivity index (χ1v) is 7.49. The highest BCUT2D eigenvalue weighted by molar-refractivity contribution is 7.89. The molecule has 1 aliphatic rings. The Hall–Kier alpha value is -1.75. The molecular formula is C11H15N3O6S. The summed E-state index contributed by atoms with van der Waals surface area (Å²) in [4.78, 5) is 9.85. The van der Waals surface area contributed by atoms with Gasteiger partial charge in [0.15, 0.2) is 0 Å². The number of benzene rings is 1. The monoisotopic (exact) mass is 317 g/mol. The second-order valence-electron chi connectivity index (χ2n) is 4.89. The Morgan fingerprint density at radius 1 is 1.33 bits per heavy atom. The molecule has 10 heteroatoms. The van der Waals surface area contributed by atoms with Gasteiger partial charge in [-0.1, -0.05) is 0 Å². The van der Waals surface area contributed by atoms with E-state index in [1.54, 1.807) is 0 Å². The van der Waals surface area contributed by atoms with Crippen LogP contribution < -0.4 is 5.73 Å². The van der Waals surface area contributed by atoms with E-state index in [1.807, 2.05) is 0 Å². The maximum atomic E-state index is 12.5. The Bertz CT molecular complexity index is 679. The van der Waals surface area contributed by atoms with Crippen LogP contribution in [0.2, 0.25) is 0 Å². The molecule has 0 aliphatic carbocycles. The molecule has 9 nitrogen and oxygen atoms in total. The third kappa shape index (κ3) is 2.70. The minimum absolute atomic E-state index is 0.127. The summed E-state index contributed by atoms with van der Waals surface area (Å²) in [5.74, 6) is 0. The van der Waals surface area contributed by atoms with Gasteiger partial charge >= 0.3 is 0 Å². The van der Waals surface area contributed by atoms with E-state index in [2.05, 4.69) is 0 Å². The van der Waals surface area contributed by atoms with E-state index in [-0.39, 0.29) is 29.2 Å². The fraction of sp³-hybridized carbons (Fsp3) is 0.455. The van der Waals surface area contributed by atoms with Gasteiger partial charge in [0.25, 0.3) is 5.69 Å². The van der Waals surface area contributed by atoms with E-state index in [9.17, 15) is 28.7 Å². The third-order valence-electron chi connectivity index (χ3n) is 3.36. The van der Waals surface area contributed by atoms with Crippen molar-refractivity contribution in [2.24, 2.45) is 0 Å². The largest absolute Gasteiger partial charge is 0.393 e. The molecular weight excluding hydrogens is 302 g/mol. The van der Waals surface area contributed by atoms with Crippen molar-refractivity contribution in [1.82, 2.24) is 4.31 Å². The highest BCUT2D eigenvalue weighted by atomic mass is 32.2. The van der Waals surface area contributed by atoms with Gasteiger partial charge in [0.2, 0.25) is 10.0 Å². The molecule has 1 heterocycles. The molecule has 1 aromatic carbocycles. The van der Waals surface area contributed by atoms with Crippen LogP contribution >= 0.6 is 0 Å². The molecule has 21 heavy (non-hydrogen) atoms. The van der Waals surface area contributed by atoms with Crippen LogP contribution in [0.4, 0.5) is 11.4 Å². The fourth-order valence-electron chi connectivity index (χ4n) is 2.21. The Labute approximate surface area is 120 Å². The highest BCUT2D eigenvalue weighted by Crippen LogP contribution is 2.31. The van der Waals surface area contributed by atoms with E-state index in [4.69, 9.17) is 5.73 Å². The predicted octanol–water partition coefficient (Wildman–Crippen LogP) is -0.788. The standard InChI is InChI=1S/C11H15N3O6S/c1-6-2-7(12)8(14(17)18)3-11(6)21(19,20)13-4-9(15)10(16)5-13/h2-3,9-10,15-16H,4-5,12H2,1H3. The zero-order chi connectivity index (χ0) is 15.9. The molecule has 4 N–H and O–H groups in total. The van der Waals surface area contributed by atoms with Gasteiger partial charge in [0.05, 0.1) is 22.0 Å². The Morgan fingerprint density at radius 2 is 1.86 bits per heavy atom. The fourth-order valence-corrected chi connectivity index (χ4v) is 3.91. The van der Waals surface area contributed by atoms with E-state index in [1.165, 1.54) is 13.0 Å². The lowest BCUT2D eigenvalue weighted by molar-refractivity contribution is -0.384. The number of hydrogen-bond acceptors (Lipinski definition) is 7. The number of nitrogen functional groups attached to an aromatic ring is 1. The van der Waals surface area contributed by atoms with E-state index < -0.39 is 32.8 Å². The zero-order valence-electron chi connectivity index (χ0n) is 11.1. The van der Waals surface area contributed by atoms with Crippen LogP contribution in [0.25, 0.3) is 0 Å². The number of nitrogens with zero attached hydrogens (tertiary/aromatic N) is 2. The molecule has 0 bridgehead atoms. The SMILES string of the molecule is Cc1cc(N)c([N+](=O)[O-])cc1S(=O)(=O)N1CC(O)C(O)C1. The van der Waals surface area contributed by atoms with Crippen LogP contribution in [0.15, 0.2) is 17.0 Å². The summed E-state index contributed by atoms with van der Waals surface area (Å²) in [6.45, 7) is 0.943. The average Bonchev–Trinajstić information content (AvgIpc) is 2.69. The number of aliphatic hydroxyl groups excluding tert-OH is 2. The van der Waals surface area contributed by atoms with Gasteiger partial charge in [-0.25, -0.2) is 8.42 Å². The number of aryl methyl sites for hydroxylation is 1. The molecule has 1 aliphatic heterocycles. The minimum atomic E-state index is -4.05. The molecule has 0 saturated carbocycles. The zero-order valence-corrected chi connectivity index (χ0v) is 11.9. The maximum Gasteiger partial charge on any atom is 0.293 e. The van der Waals surface area contributed by atoms with E-state index in [0.717, 1.165) is 10.4 Å². The summed E-state index contributed by atoms with van der Waals surface area (Å²) in [6, 6.07) is 2.12. The molecule has 0 aromatic heterocycles. The number of anilines is 1. The lowest BCUT2D eigenvalue weighted by Gasteiger charge is -2.17. The Balaban J connectivity index is 2.50. The molecule has 0 radical (unpaired) electrons. The summed E-state index contributed by atoms with van der Waals surface area (Å²) < 4.78 is 25.8. The summed E-state index contributed by atoms with van der Waals surface area (Å²) in [5.41, 5.74) is 5.13. The Kier molecular flexibility index (Phi) is 3.89.